The number of rotatable bonds is 9. The van der Waals surface area contributed by atoms with Crippen molar-refractivity contribution in [2.75, 3.05) is 42.3 Å². The van der Waals surface area contributed by atoms with E-state index in [-0.39, 0.29) is 25.5 Å². The monoisotopic (exact) mass is 651 g/mol. The van der Waals surface area contributed by atoms with E-state index in [0.717, 1.165) is 31.6 Å². The summed E-state index contributed by atoms with van der Waals surface area (Å²) in [7, 11) is 9.58. The van der Waals surface area contributed by atoms with Crippen LogP contribution in [0.2, 0.25) is 0 Å². The van der Waals surface area contributed by atoms with Gasteiger partial charge in [0.05, 0.1) is 62.8 Å². The number of carbonyl (C=O) groups is 1. The highest BCUT2D eigenvalue weighted by Gasteiger charge is 2.30. The largest absolute Gasteiger partial charge is 0.569 e. The molecule has 0 spiro atoms. The maximum Gasteiger partial charge on any atom is 0.233 e. The van der Waals surface area contributed by atoms with Crippen molar-refractivity contribution in [3.63, 3.8) is 0 Å². The molecule has 17 nitrogen and oxygen atoms in total. The van der Waals surface area contributed by atoms with Gasteiger partial charge in [-0.15, -0.1) is 0 Å². The number of hydrogen-bond acceptors (Lipinski definition) is 11. The molecule has 0 aromatic heterocycles. The molecule has 0 aromatic carbocycles. The van der Waals surface area contributed by atoms with E-state index in [1.807, 2.05) is 20.8 Å². The number of carbonyl (C=O) groups excluding carboxylic acids is 1. The van der Waals surface area contributed by atoms with Gasteiger partial charge in [-0.05, 0) is 77.0 Å². The molecule has 3 rings (SSSR count). The number of ketones is 1. The van der Waals surface area contributed by atoms with E-state index in [4.69, 9.17) is 14.5 Å². The molecule has 17 heteroatoms. The molecule has 0 saturated heterocycles. The standard InChI is InChI=1S/C9H19N3O3.C9H19N3O2.C8H15N3O3.C2H6.H2/c1-9(13)6-4-8(5-7-9)15-10-12(14)11(2)3;1-8-4-6-9(7-5-8)14-10-12(13)11(2)3;1-10(2)11(13)9-14-8-5-3-7(12)4-6-8;1-2;/h8,13H,4-7H2,1-3H3;8-9H,4-7H2,1-3H3;8H,3-6H2,1-2H3;1-2H3;1H/b2*12-10-;11-9-;;. The van der Waals surface area contributed by atoms with Gasteiger partial charge in [-0.25, -0.2) is 0 Å². The second-order valence-electron chi connectivity index (χ2n) is 12.2. The van der Waals surface area contributed by atoms with Gasteiger partial charge in [0.1, 0.15) is 24.1 Å². The molecule has 3 fully saturated rings. The smallest absolute Gasteiger partial charge is 0.233 e. The molecule has 3 aliphatic rings. The Labute approximate surface area is 270 Å². The Bertz CT molecular complexity index is 895. The minimum Gasteiger partial charge on any atom is -0.569 e. The van der Waals surface area contributed by atoms with E-state index >= 15 is 0 Å². The quantitative estimate of drug-likeness (QED) is 0.198. The molecule has 0 aromatic rings. The molecule has 0 heterocycles. The normalized spacial score (nSPS) is 26.0. The first-order chi connectivity index (χ1) is 21.1. The average Bonchev–Trinajstić information content (AvgIpc) is 3.01. The van der Waals surface area contributed by atoms with Crippen molar-refractivity contribution in [1.82, 2.24) is 15.0 Å². The molecule has 0 unspecified atom stereocenters. The van der Waals surface area contributed by atoms with Gasteiger partial charge in [0, 0.05) is 14.3 Å². The summed E-state index contributed by atoms with van der Waals surface area (Å²) in [6.07, 6.45) is 9.54. The van der Waals surface area contributed by atoms with Crippen molar-refractivity contribution in [2.24, 2.45) is 21.8 Å². The summed E-state index contributed by atoms with van der Waals surface area (Å²) in [6, 6.07) is 0. The zero-order valence-electron chi connectivity index (χ0n) is 29.1. The van der Waals surface area contributed by atoms with E-state index in [1.165, 1.54) is 27.9 Å². The summed E-state index contributed by atoms with van der Waals surface area (Å²) >= 11 is 0. The lowest BCUT2D eigenvalue weighted by molar-refractivity contribution is -0.701. The van der Waals surface area contributed by atoms with Crippen LogP contribution >= 0.6 is 0 Å². The highest BCUT2D eigenvalue weighted by atomic mass is 16.7. The molecule has 3 aliphatic carbocycles. The fourth-order valence-corrected chi connectivity index (χ4v) is 4.21. The van der Waals surface area contributed by atoms with Gasteiger partial charge in [0.2, 0.25) is 15.8 Å². The van der Waals surface area contributed by atoms with Gasteiger partial charge >= 0.3 is 0 Å². The summed E-state index contributed by atoms with van der Waals surface area (Å²) in [5.74, 6) is 1.04. The molecular formula is C28H61N9O8. The van der Waals surface area contributed by atoms with Crippen molar-refractivity contribution < 1.29 is 40.7 Å². The van der Waals surface area contributed by atoms with Crippen LogP contribution < -0.4 is 0 Å². The topological polar surface area (TPSA) is 190 Å². The number of nitrogens with zero attached hydrogens (tertiary/aromatic N) is 9. The highest BCUT2D eigenvalue weighted by Crippen LogP contribution is 2.29. The number of hydrogen-bond donors (Lipinski definition) is 1. The third-order valence-electron chi connectivity index (χ3n) is 7.29. The molecule has 0 amide bonds. The first kappa shape index (κ1) is 41.6. The van der Waals surface area contributed by atoms with Gasteiger partial charge in [0.15, 0.2) is 0 Å². The maximum atomic E-state index is 11.0. The van der Waals surface area contributed by atoms with Gasteiger partial charge in [-0.2, -0.15) is 15.0 Å². The number of hydrazine groups is 3. The van der Waals surface area contributed by atoms with Crippen LogP contribution in [0, 0.1) is 21.5 Å². The van der Waals surface area contributed by atoms with Crippen LogP contribution in [0.5, 0.6) is 0 Å². The SMILES string of the molecule is CC.CC1CCC(O/N=[N+](\[O-])N(C)C)CC1.CN(C)/[N+]([O-])=N/OC1CCC(=O)CC1.CN(C)/[N+]([O-])=N/OC1CCC(C)(O)CC1.[HH]. The summed E-state index contributed by atoms with van der Waals surface area (Å²) in [5, 5.41) is 56.8. The second-order valence-corrected chi connectivity index (χ2v) is 12.2. The van der Waals surface area contributed by atoms with E-state index in [1.54, 1.807) is 42.3 Å². The average molecular weight is 652 g/mol. The molecule has 0 radical (unpaired) electrons. The van der Waals surface area contributed by atoms with Crippen LogP contribution in [-0.2, 0) is 19.3 Å². The Morgan fingerprint density at radius 2 is 1.00 bits per heavy atom. The van der Waals surface area contributed by atoms with Crippen molar-refractivity contribution in [3.8, 4) is 0 Å². The first-order valence-electron chi connectivity index (χ1n) is 15.9. The summed E-state index contributed by atoms with van der Waals surface area (Å²) in [4.78, 5) is 27.3. The zero-order valence-corrected chi connectivity index (χ0v) is 29.1. The fourth-order valence-electron chi connectivity index (χ4n) is 4.21. The Kier molecular flexibility index (Phi) is 20.5. The van der Waals surface area contributed by atoms with E-state index in [2.05, 4.69) is 22.8 Å². The van der Waals surface area contributed by atoms with E-state index < -0.39 is 5.60 Å². The predicted molar refractivity (Wildman–Crippen MR) is 168 cm³/mol. The van der Waals surface area contributed by atoms with Crippen molar-refractivity contribution in [2.45, 2.75) is 129 Å². The summed E-state index contributed by atoms with van der Waals surface area (Å²) in [5.41, 5.74) is -0.585. The Hall–Kier alpha value is -3.37. The van der Waals surface area contributed by atoms with Crippen molar-refractivity contribution in [1.29, 1.82) is 0 Å². The van der Waals surface area contributed by atoms with Gasteiger partial charge < -0.3 is 35.2 Å². The minimum atomic E-state index is -0.585. The Balaban J connectivity index is 0. The lowest BCUT2D eigenvalue weighted by Gasteiger charge is -2.30. The van der Waals surface area contributed by atoms with Gasteiger partial charge in [-0.1, -0.05) is 20.8 Å². The highest BCUT2D eigenvalue weighted by molar-refractivity contribution is 5.79. The third-order valence-corrected chi connectivity index (χ3v) is 7.29. The van der Waals surface area contributed by atoms with Crippen LogP contribution in [0.3, 0.4) is 0 Å². The van der Waals surface area contributed by atoms with E-state index in [9.17, 15) is 25.5 Å². The van der Waals surface area contributed by atoms with Gasteiger partial charge in [-0.3, -0.25) is 4.79 Å². The molecule has 0 atom stereocenters. The van der Waals surface area contributed by atoms with Gasteiger partial charge in [0.25, 0.3) is 0 Å². The van der Waals surface area contributed by atoms with Crippen LogP contribution in [0.1, 0.15) is 106 Å². The number of aliphatic hydroxyl groups is 1. The minimum absolute atomic E-state index is 0. The van der Waals surface area contributed by atoms with Crippen LogP contribution in [-0.4, -0.2) is 107 Å². The lowest BCUT2D eigenvalue weighted by atomic mass is 9.85. The van der Waals surface area contributed by atoms with Crippen LogP contribution in [0.25, 0.3) is 0 Å². The van der Waals surface area contributed by atoms with Crippen molar-refractivity contribution >= 4 is 5.78 Å². The predicted octanol–water partition coefficient (Wildman–Crippen LogP) is 5.13. The molecule has 45 heavy (non-hydrogen) atoms. The lowest BCUT2D eigenvalue weighted by Crippen LogP contribution is -2.33. The first-order valence-corrected chi connectivity index (χ1v) is 15.9. The molecule has 1 N–H and O–H groups in total. The Morgan fingerprint density at radius 1 is 0.689 bits per heavy atom. The van der Waals surface area contributed by atoms with Crippen molar-refractivity contribution in [3.05, 3.63) is 15.6 Å². The summed E-state index contributed by atoms with van der Waals surface area (Å²) in [6.45, 7) is 8.06. The molecule has 0 bridgehead atoms. The second kappa shape index (κ2) is 22.2. The van der Waals surface area contributed by atoms with E-state index in [0.29, 0.717) is 53.4 Å². The molecule has 266 valence electrons. The molecule has 0 aliphatic heterocycles. The fraction of sp³-hybridized carbons (Fsp3) is 0.964. The number of Topliss-reactive ketones (excluding diaryl/α,β-unsaturated/α-hetero) is 1. The zero-order chi connectivity index (χ0) is 34.6. The Morgan fingerprint density at radius 3 is 1.33 bits per heavy atom. The summed E-state index contributed by atoms with van der Waals surface area (Å²) < 4.78 is 0. The molecule has 3 saturated carbocycles. The maximum absolute atomic E-state index is 11.0. The molecular weight excluding hydrogens is 590 g/mol. The van der Waals surface area contributed by atoms with Crippen LogP contribution in [0.15, 0.2) is 15.8 Å². The third kappa shape index (κ3) is 19.6. The van der Waals surface area contributed by atoms with Crippen LogP contribution in [0.4, 0.5) is 0 Å².